The number of ether oxygens (including phenoxy) is 1. The van der Waals surface area contributed by atoms with Gasteiger partial charge in [0, 0.05) is 12.4 Å². The SMILES string of the molecule is O=C(O)c1sccc1OCCn1ccnc1. The summed E-state index contributed by atoms with van der Waals surface area (Å²) in [6, 6.07) is 1.67. The third kappa shape index (κ3) is 2.40. The second-order valence-electron chi connectivity index (χ2n) is 3.07. The Balaban J connectivity index is 1.90. The Hall–Kier alpha value is -1.82. The lowest BCUT2D eigenvalue weighted by Crippen LogP contribution is -2.07. The molecule has 2 heterocycles. The van der Waals surface area contributed by atoms with E-state index in [1.165, 1.54) is 0 Å². The van der Waals surface area contributed by atoms with Gasteiger partial charge in [-0.3, -0.25) is 0 Å². The second-order valence-corrected chi connectivity index (χ2v) is 3.98. The number of aromatic carboxylic acids is 1. The summed E-state index contributed by atoms with van der Waals surface area (Å²) in [5, 5.41) is 10.6. The van der Waals surface area contributed by atoms with Gasteiger partial charge in [0.1, 0.15) is 12.4 Å². The summed E-state index contributed by atoms with van der Waals surface area (Å²) in [5.41, 5.74) is 0. The summed E-state index contributed by atoms with van der Waals surface area (Å²) in [6.45, 7) is 1.07. The van der Waals surface area contributed by atoms with Crippen molar-refractivity contribution in [3.63, 3.8) is 0 Å². The van der Waals surface area contributed by atoms with Crippen molar-refractivity contribution in [2.45, 2.75) is 6.54 Å². The minimum absolute atomic E-state index is 0.241. The molecule has 0 atom stereocenters. The zero-order valence-electron chi connectivity index (χ0n) is 8.37. The van der Waals surface area contributed by atoms with Crippen LogP contribution in [0, 0.1) is 0 Å². The fraction of sp³-hybridized carbons (Fsp3) is 0.200. The number of carbonyl (C=O) groups is 1. The first-order chi connectivity index (χ1) is 7.77. The van der Waals surface area contributed by atoms with Crippen molar-refractivity contribution in [1.82, 2.24) is 9.55 Å². The average molecular weight is 238 g/mol. The van der Waals surface area contributed by atoms with Gasteiger partial charge < -0.3 is 14.4 Å². The number of hydrogen-bond acceptors (Lipinski definition) is 4. The maximum atomic E-state index is 10.8. The van der Waals surface area contributed by atoms with Gasteiger partial charge in [0.15, 0.2) is 4.88 Å². The van der Waals surface area contributed by atoms with Crippen LogP contribution in [0.2, 0.25) is 0 Å². The predicted octanol–water partition coefficient (Wildman–Crippen LogP) is 1.72. The average Bonchev–Trinajstić information content (AvgIpc) is 2.87. The Morgan fingerprint density at radius 3 is 3.19 bits per heavy atom. The van der Waals surface area contributed by atoms with Crippen molar-refractivity contribution in [2.24, 2.45) is 0 Å². The van der Waals surface area contributed by atoms with Crippen molar-refractivity contribution in [3.8, 4) is 5.75 Å². The number of rotatable bonds is 5. The molecule has 5 nitrogen and oxygen atoms in total. The monoisotopic (exact) mass is 238 g/mol. The number of aromatic nitrogens is 2. The molecular formula is C10H10N2O3S. The molecule has 84 valence electrons. The minimum Gasteiger partial charge on any atom is -0.490 e. The summed E-state index contributed by atoms with van der Waals surface area (Å²) in [5.74, 6) is -0.523. The highest BCUT2D eigenvalue weighted by molar-refractivity contribution is 7.12. The molecule has 0 aliphatic carbocycles. The lowest BCUT2D eigenvalue weighted by Gasteiger charge is -2.05. The second kappa shape index (κ2) is 4.80. The van der Waals surface area contributed by atoms with E-state index in [1.807, 2.05) is 10.8 Å². The molecule has 0 radical (unpaired) electrons. The molecule has 0 bridgehead atoms. The highest BCUT2D eigenvalue weighted by Gasteiger charge is 2.12. The largest absolute Gasteiger partial charge is 0.490 e. The Labute approximate surface area is 95.9 Å². The van der Waals surface area contributed by atoms with Gasteiger partial charge in [0.25, 0.3) is 0 Å². The first kappa shape index (κ1) is 10.7. The van der Waals surface area contributed by atoms with E-state index >= 15 is 0 Å². The van der Waals surface area contributed by atoms with E-state index in [1.54, 1.807) is 24.0 Å². The molecule has 0 unspecified atom stereocenters. The Bertz CT molecular complexity index is 464. The van der Waals surface area contributed by atoms with Crippen LogP contribution in [0.4, 0.5) is 0 Å². The van der Waals surface area contributed by atoms with Gasteiger partial charge in [-0.05, 0) is 11.4 Å². The van der Waals surface area contributed by atoms with E-state index in [0.717, 1.165) is 11.3 Å². The van der Waals surface area contributed by atoms with Crippen LogP contribution in [-0.2, 0) is 6.54 Å². The van der Waals surface area contributed by atoms with E-state index in [2.05, 4.69) is 4.98 Å². The molecule has 0 saturated carbocycles. The molecule has 6 heteroatoms. The molecule has 0 fully saturated rings. The molecule has 2 aromatic heterocycles. The minimum atomic E-state index is -0.951. The molecular weight excluding hydrogens is 228 g/mol. The number of carboxylic acids is 1. The third-order valence-corrected chi connectivity index (χ3v) is 2.87. The van der Waals surface area contributed by atoms with E-state index < -0.39 is 5.97 Å². The summed E-state index contributed by atoms with van der Waals surface area (Å²) in [7, 11) is 0. The van der Waals surface area contributed by atoms with Crippen molar-refractivity contribution in [1.29, 1.82) is 0 Å². The normalized spacial score (nSPS) is 10.2. The zero-order valence-corrected chi connectivity index (χ0v) is 9.18. The smallest absolute Gasteiger partial charge is 0.349 e. The number of hydrogen-bond donors (Lipinski definition) is 1. The Morgan fingerprint density at radius 2 is 2.50 bits per heavy atom. The molecule has 2 rings (SSSR count). The first-order valence-corrected chi connectivity index (χ1v) is 5.54. The van der Waals surface area contributed by atoms with Gasteiger partial charge in [-0.2, -0.15) is 0 Å². The molecule has 0 spiro atoms. The van der Waals surface area contributed by atoms with Crippen LogP contribution < -0.4 is 4.74 Å². The van der Waals surface area contributed by atoms with E-state index in [0.29, 0.717) is 18.9 Å². The number of carboxylic acid groups (broad SMARTS) is 1. The summed E-state index contributed by atoms with van der Waals surface area (Å²) in [6.07, 6.45) is 5.21. The van der Waals surface area contributed by atoms with E-state index in [4.69, 9.17) is 9.84 Å². The molecule has 0 amide bonds. The zero-order chi connectivity index (χ0) is 11.4. The third-order valence-electron chi connectivity index (χ3n) is 1.99. The summed E-state index contributed by atoms with van der Waals surface area (Å²) >= 11 is 1.16. The summed E-state index contributed by atoms with van der Waals surface area (Å²) in [4.78, 5) is 14.9. The van der Waals surface area contributed by atoms with Gasteiger partial charge in [-0.1, -0.05) is 0 Å². The van der Waals surface area contributed by atoms with Gasteiger partial charge in [0.2, 0.25) is 0 Å². The molecule has 0 aliphatic heterocycles. The molecule has 0 aliphatic rings. The van der Waals surface area contributed by atoms with Crippen LogP contribution in [0.5, 0.6) is 5.75 Å². The molecule has 16 heavy (non-hydrogen) atoms. The van der Waals surface area contributed by atoms with Crippen LogP contribution in [0.3, 0.4) is 0 Å². The number of nitrogens with zero attached hydrogens (tertiary/aromatic N) is 2. The van der Waals surface area contributed by atoms with Gasteiger partial charge in [0.05, 0.1) is 12.9 Å². The van der Waals surface area contributed by atoms with E-state index in [9.17, 15) is 4.79 Å². The van der Waals surface area contributed by atoms with Crippen molar-refractivity contribution >= 4 is 17.3 Å². The lowest BCUT2D eigenvalue weighted by molar-refractivity contribution is 0.0698. The number of imidazole rings is 1. The topological polar surface area (TPSA) is 64.3 Å². The predicted molar refractivity (Wildman–Crippen MR) is 59.0 cm³/mol. The van der Waals surface area contributed by atoms with Crippen LogP contribution in [0.25, 0.3) is 0 Å². The summed E-state index contributed by atoms with van der Waals surface area (Å²) < 4.78 is 7.26. The van der Waals surface area contributed by atoms with Gasteiger partial charge in [-0.15, -0.1) is 11.3 Å². The Morgan fingerprint density at radius 1 is 1.62 bits per heavy atom. The molecule has 0 saturated heterocycles. The first-order valence-electron chi connectivity index (χ1n) is 4.66. The maximum Gasteiger partial charge on any atom is 0.349 e. The van der Waals surface area contributed by atoms with Crippen molar-refractivity contribution in [2.75, 3.05) is 6.61 Å². The van der Waals surface area contributed by atoms with Crippen LogP contribution >= 0.6 is 11.3 Å². The lowest BCUT2D eigenvalue weighted by atomic mass is 10.4. The highest BCUT2D eigenvalue weighted by atomic mass is 32.1. The standard InChI is InChI=1S/C10H10N2O3S/c13-10(14)9-8(1-6-16-9)15-5-4-12-3-2-11-7-12/h1-3,6-7H,4-5H2,(H,13,14). The molecule has 0 aromatic carbocycles. The van der Waals surface area contributed by atoms with Gasteiger partial charge in [-0.25, -0.2) is 9.78 Å². The Kier molecular flexibility index (Phi) is 3.21. The quantitative estimate of drug-likeness (QED) is 0.861. The van der Waals surface area contributed by atoms with Crippen molar-refractivity contribution < 1.29 is 14.6 Å². The van der Waals surface area contributed by atoms with Gasteiger partial charge >= 0.3 is 5.97 Å². The molecule has 1 N–H and O–H groups in total. The van der Waals surface area contributed by atoms with E-state index in [-0.39, 0.29) is 4.88 Å². The fourth-order valence-corrected chi connectivity index (χ4v) is 1.92. The van der Waals surface area contributed by atoms with Crippen molar-refractivity contribution in [3.05, 3.63) is 35.0 Å². The van der Waals surface area contributed by atoms with Crippen LogP contribution in [0.1, 0.15) is 9.67 Å². The van der Waals surface area contributed by atoms with Crippen LogP contribution in [-0.4, -0.2) is 27.2 Å². The highest BCUT2D eigenvalue weighted by Crippen LogP contribution is 2.24. The fourth-order valence-electron chi connectivity index (χ4n) is 1.25. The molecule has 2 aromatic rings. The number of thiophene rings is 1. The maximum absolute atomic E-state index is 10.8. The van der Waals surface area contributed by atoms with Crippen LogP contribution in [0.15, 0.2) is 30.2 Å².